The SMILES string of the molecule is CCCC(=O)N(CC(=O)N1CCc2sccc2[C@@H]1c1ccc(C)cc1)C(C)C. The molecule has 0 spiro atoms. The van der Waals surface area contributed by atoms with E-state index in [2.05, 4.69) is 42.6 Å². The van der Waals surface area contributed by atoms with Gasteiger partial charge >= 0.3 is 0 Å². The third-order valence-electron chi connectivity index (χ3n) is 5.39. The first-order chi connectivity index (χ1) is 13.4. The number of carbonyl (C=O) groups is 2. The minimum Gasteiger partial charge on any atom is -0.331 e. The molecule has 1 aliphatic rings. The molecule has 3 rings (SSSR count). The maximum atomic E-state index is 13.3. The highest BCUT2D eigenvalue weighted by atomic mass is 32.1. The average molecular weight is 399 g/mol. The molecule has 0 saturated heterocycles. The van der Waals surface area contributed by atoms with Gasteiger partial charge in [-0.25, -0.2) is 0 Å². The molecule has 2 amide bonds. The van der Waals surface area contributed by atoms with Crippen molar-refractivity contribution in [2.24, 2.45) is 0 Å². The second-order valence-electron chi connectivity index (χ2n) is 7.81. The minimum absolute atomic E-state index is 0.0160. The second kappa shape index (κ2) is 8.91. The van der Waals surface area contributed by atoms with Crippen LogP contribution in [0, 0.1) is 6.92 Å². The number of aryl methyl sites for hydroxylation is 1. The Labute approximate surface area is 172 Å². The van der Waals surface area contributed by atoms with Crippen molar-refractivity contribution in [1.82, 2.24) is 9.80 Å². The van der Waals surface area contributed by atoms with Gasteiger partial charge in [0.2, 0.25) is 11.8 Å². The van der Waals surface area contributed by atoms with E-state index >= 15 is 0 Å². The van der Waals surface area contributed by atoms with Crippen LogP contribution in [0.15, 0.2) is 35.7 Å². The van der Waals surface area contributed by atoms with E-state index < -0.39 is 0 Å². The van der Waals surface area contributed by atoms with Gasteiger partial charge in [-0.1, -0.05) is 36.8 Å². The van der Waals surface area contributed by atoms with Gasteiger partial charge in [-0.3, -0.25) is 9.59 Å². The Bertz CT molecular complexity index is 825. The van der Waals surface area contributed by atoms with E-state index in [4.69, 9.17) is 0 Å². The largest absolute Gasteiger partial charge is 0.331 e. The van der Waals surface area contributed by atoms with Crippen molar-refractivity contribution in [1.29, 1.82) is 0 Å². The summed E-state index contributed by atoms with van der Waals surface area (Å²) >= 11 is 1.77. The lowest BCUT2D eigenvalue weighted by Gasteiger charge is -2.38. The maximum Gasteiger partial charge on any atom is 0.243 e. The highest BCUT2D eigenvalue weighted by Gasteiger charge is 2.34. The zero-order valence-electron chi connectivity index (χ0n) is 17.3. The van der Waals surface area contributed by atoms with Crippen molar-refractivity contribution in [2.45, 2.75) is 59.0 Å². The summed E-state index contributed by atoms with van der Waals surface area (Å²) in [6, 6.07) is 10.5. The number of carbonyl (C=O) groups excluding carboxylic acids is 2. The van der Waals surface area contributed by atoms with Crippen LogP contribution in [0.25, 0.3) is 0 Å². The van der Waals surface area contributed by atoms with Gasteiger partial charge in [-0.15, -0.1) is 11.3 Å². The van der Waals surface area contributed by atoms with Crippen LogP contribution in [0.5, 0.6) is 0 Å². The molecule has 2 heterocycles. The highest BCUT2D eigenvalue weighted by Crippen LogP contribution is 2.38. The molecule has 5 heteroatoms. The average Bonchev–Trinajstić information content (AvgIpc) is 3.14. The molecular weight excluding hydrogens is 368 g/mol. The maximum absolute atomic E-state index is 13.3. The van der Waals surface area contributed by atoms with Gasteiger partial charge in [-0.05, 0) is 56.2 Å². The van der Waals surface area contributed by atoms with Crippen LogP contribution in [0.4, 0.5) is 0 Å². The van der Waals surface area contributed by atoms with Crippen molar-refractivity contribution < 1.29 is 9.59 Å². The smallest absolute Gasteiger partial charge is 0.243 e. The van der Waals surface area contributed by atoms with E-state index in [0.717, 1.165) is 18.4 Å². The van der Waals surface area contributed by atoms with Gasteiger partial charge in [-0.2, -0.15) is 0 Å². The van der Waals surface area contributed by atoms with E-state index in [0.29, 0.717) is 13.0 Å². The van der Waals surface area contributed by atoms with Crippen LogP contribution >= 0.6 is 11.3 Å². The molecule has 0 bridgehead atoms. The van der Waals surface area contributed by atoms with Crippen LogP contribution in [-0.4, -0.2) is 40.7 Å². The van der Waals surface area contributed by atoms with E-state index in [1.165, 1.54) is 16.0 Å². The molecule has 1 aliphatic heterocycles. The zero-order valence-corrected chi connectivity index (χ0v) is 18.1. The summed E-state index contributed by atoms with van der Waals surface area (Å²) in [6.45, 7) is 8.87. The number of thiophene rings is 1. The van der Waals surface area contributed by atoms with Crippen molar-refractivity contribution >= 4 is 23.2 Å². The fourth-order valence-electron chi connectivity index (χ4n) is 3.85. The van der Waals surface area contributed by atoms with E-state index in [1.54, 1.807) is 16.2 Å². The Balaban J connectivity index is 1.89. The van der Waals surface area contributed by atoms with Crippen LogP contribution < -0.4 is 0 Å². The Kier molecular flexibility index (Phi) is 6.55. The molecule has 150 valence electrons. The summed E-state index contributed by atoms with van der Waals surface area (Å²) in [6.07, 6.45) is 2.16. The Morgan fingerprint density at radius 2 is 1.93 bits per heavy atom. The first-order valence-corrected chi connectivity index (χ1v) is 11.0. The molecule has 28 heavy (non-hydrogen) atoms. The summed E-state index contributed by atoms with van der Waals surface area (Å²) < 4.78 is 0. The number of amides is 2. The van der Waals surface area contributed by atoms with Crippen molar-refractivity contribution in [3.63, 3.8) is 0 Å². The molecule has 0 fully saturated rings. The Morgan fingerprint density at radius 3 is 2.57 bits per heavy atom. The van der Waals surface area contributed by atoms with Gasteiger partial charge in [0.05, 0.1) is 6.04 Å². The molecule has 1 atom stereocenters. The van der Waals surface area contributed by atoms with Crippen LogP contribution in [0.3, 0.4) is 0 Å². The highest BCUT2D eigenvalue weighted by molar-refractivity contribution is 7.10. The molecule has 0 saturated carbocycles. The number of rotatable bonds is 6. The third kappa shape index (κ3) is 4.30. The molecule has 1 aromatic heterocycles. The fraction of sp³-hybridized carbons (Fsp3) is 0.478. The molecule has 0 radical (unpaired) electrons. The minimum atomic E-state index is -0.0709. The number of nitrogens with zero attached hydrogens (tertiary/aromatic N) is 2. The van der Waals surface area contributed by atoms with E-state index in [9.17, 15) is 9.59 Å². The van der Waals surface area contributed by atoms with Crippen molar-refractivity contribution in [2.75, 3.05) is 13.1 Å². The van der Waals surface area contributed by atoms with Gasteiger partial charge in [0.1, 0.15) is 6.54 Å². The van der Waals surface area contributed by atoms with E-state index in [1.807, 2.05) is 25.7 Å². The first-order valence-electron chi connectivity index (χ1n) is 10.1. The molecule has 1 aromatic carbocycles. The molecular formula is C23H30N2O2S. The molecule has 2 aromatic rings. The standard InChI is InChI=1S/C23H30N2O2S/c1-5-6-21(26)25(16(2)3)15-22(27)24-13-11-20-19(12-14-28-20)23(24)18-9-7-17(4)8-10-18/h7-10,12,14,16,23H,5-6,11,13,15H2,1-4H3/t23-/m0/s1. The normalized spacial score (nSPS) is 16.2. The monoisotopic (exact) mass is 398 g/mol. The van der Waals surface area contributed by atoms with E-state index in [-0.39, 0.29) is 30.4 Å². The Hall–Kier alpha value is -2.14. The molecule has 0 unspecified atom stereocenters. The topological polar surface area (TPSA) is 40.6 Å². The molecule has 0 aliphatic carbocycles. The molecule has 4 nitrogen and oxygen atoms in total. The van der Waals surface area contributed by atoms with Gasteiger partial charge in [0, 0.05) is 23.9 Å². The fourth-order valence-corrected chi connectivity index (χ4v) is 4.75. The zero-order chi connectivity index (χ0) is 20.3. The molecule has 0 N–H and O–H groups in total. The summed E-state index contributed by atoms with van der Waals surface area (Å²) in [5, 5.41) is 2.12. The van der Waals surface area contributed by atoms with Gasteiger partial charge < -0.3 is 9.80 Å². The van der Waals surface area contributed by atoms with Crippen molar-refractivity contribution in [3.05, 3.63) is 57.3 Å². The lowest BCUT2D eigenvalue weighted by molar-refractivity contribution is -0.143. The Morgan fingerprint density at radius 1 is 1.21 bits per heavy atom. The van der Waals surface area contributed by atoms with Crippen LogP contribution in [-0.2, 0) is 16.0 Å². The number of hydrogen-bond donors (Lipinski definition) is 0. The van der Waals surface area contributed by atoms with Crippen LogP contribution in [0.2, 0.25) is 0 Å². The summed E-state index contributed by atoms with van der Waals surface area (Å²) in [7, 11) is 0. The number of benzene rings is 1. The lowest BCUT2D eigenvalue weighted by atomic mass is 9.92. The van der Waals surface area contributed by atoms with Gasteiger partial charge in [0.25, 0.3) is 0 Å². The second-order valence-corrected chi connectivity index (χ2v) is 8.82. The third-order valence-corrected chi connectivity index (χ3v) is 6.39. The summed E-state index contributed by atoms with van der Waals surface area (Å²) in [5.74, 6) is 0.0894. The van der Waals surface area contributed by atoms with Crippen LogP contribution in [0.1, 0.15) is 61.2 Å². The summed E-state index contributed by atoms with van der Waals surface area (Å²) in [4.78, 5) is 30.9. The number of fused-ring (bicyclic) bond motifs is 1. The van der Waals surface area contributed by atoms with Crippen molar-refractivity contribution in [3.8, 4) is 0 Å². The number of hydrogen-bond acceptors (Lipinski definition) is 3. The quantitative estimate of drug-likeness (QED) is 0.715. The predicted octanol–water partition coefficient (Wildman–Crippen LogP) is 4.57. The summed E-state index contributed by atoms with van der Waals surface area (Å²) in [5.41, 5.74) is 3.57. The van der Waals surface area contributed by atoms with Gasteiger partial charge in [0.15, 0.2) is 0 Å². The predicted molar refractivity (Wildman–Crippen MR) is 115 cm³/mol. The first kappa shape index (κ1) is 20.6. The lowest BCUT2D eigenvalue weighted by Crippen LogP contribution is -2.48.